The summed E-state index contributed by atoms with van der Waals surface area (Å²) in [6.45, 7) is 1.94. The van der Waals surface area contributed by atoms with E-state index in [0.717, 1.165) is 16.9 Å². The summed E-state index contributed by atoms with van der Waals surface area (Å²) in [4.78, 5) is 12.6. The van der Waals surface area contributed by atoms with E-state index in [4.69, 9.17) is 14.2 Å². The van der Waals surface area contributed by atoms with Crippen LogP contribution in [-0.2, 0) is 0 Å². The molecule has 0 bridgehead atoms. The van der Waals surface area contributed by atoms with Gasteiger partial charge in [-0.3, -0.25) is 4.79 Å². The van der Waals surface area contributed by atoms with Crippen LogP contribution in [0.5, 0.6) is 17.2 Å². The molecule has 0 aromatic heterocycles. The summed E-state index contributed by atoms with van der Waals surface area (Å²) in [6, 6.07) is 11.0. The topological polar surface area (TPSA) is 44.8 Å². The van der Waals surface area contributed by atoms with E-state index in [-0.39, 0.29) is 5.78 Å². The van der Waals surface area contributed by atoms with Crippen molar-refractivity contribution in [2.75, 3.05) is 14.2 Å². The van der Waals surface area contributed by atoms with Gasteiger partial charge < -0.3 is 14.2 Å². The van der Waals surface area contributed by atoms with Crippen molar-refractivity contribution >= 4 is 5.78 Å². The lowest BCUT2D eigenvalue weighted by molar-refractivity contribution is 0.0856. The minimum atomic E-state index is -0.624. The maximum atomic E-state index is 12.6. The molecular formula is C17H16O4. The van der Waals surface area contributed by atoms with Crippen molar-refractivity contribution in [2.24, 2.45) is 0 Å². The largest absolute Gasteiger partial charge is 0.497 e. The first-order valence-electron chi connectivity index (χ1n) is 6.67. The Kier molecular flexibility index (Phi) is 3.29. The molecular weight excluding hydrogens is 268 g/mol. The molecule has 0 aliphatic carbocycles. The average molecular weight is 284 g/mol. The highest BCUT2D eigenvalue weighted by molar-refractivity contribution is 6.07. The van der Waals surface area contributed by atoms with Crippen LogP contribution in [0.4, 0.5) is 0 Å². The van der Waals surface area contributed by atoms with Crippen LogP contribution in [0.1, 0.15) is 27.6 Å². The van der Waals surface area contributed by atoms with Gasteiger partial charge in [-0.05, 0) is 36.8 Å². The van der Waals surface area contributed by atoms with E-state index in [9.17, 15) is 4.79 Å². The van der Waals surface area contributed by atoms with E-state index in [1.807, 2.05) is 43.3 Å². The van der Waals surface area contributed by atoms with Gasteiger partial charge in [-0.25, -0.2) is 0 Å². The van der Waals surface area contributed by atoms with Crippen LogP contribution in [0.3, 0.4) is 0 Å². The minimum Gasteiger partial charge on any atom is -0.497 e. The predicted octanol–water partition coefficient (Wildman–Crippen LogP) is 3.33. The molecule has 4 heteroatoms. The molecule has 0 saturated carbocycles. The number of Topliss-reactive ketones (excluding diaryl/α,β-unsaturated/α-hetero) is 1. The van der Waals surface area contributed by atoms with Gasteiger partial charge >= 0.3 is 0 Å². The number of ether oxygens (including phenoxy) is 3. The van der Waals surface area contributed by atoms with E-state index in [1.54, 1.807) is 14.2 Å². The first-order chi connectivity index (χ1) is 10.1. The van der Waals surface area contributed by atoms with Crippen LogP contribution in [0.2, 0.25) is 0 Å². The highest BCUT2D eigenvalue weighted by atomic mass is 16.5. The highest BCUT2D eigenvalue weighted by Crippen LogP contribution is 2.42. The molecule has 1 aliphatic heterocycles. The Labute approximate surface area is 123 Å². The third-order valence-electron chi connectivity index (χ3n) is 3.58. The maximum Gasteiger partial charge on any atom is 0.215 e. The monoisotopic (exact) mass is 284 g/mol. The average Bonchev–Trinajstić information content (AvgIpc) is 2.83. The van der Waals surface area contributed by atoms with Crippen molar-refractivity contribution in [1.29, 1.82) is 0 Å². The highest BCUT2D eigenvalue weighted by Gasteiger charge is 2.36. The number of hydrogen-bond acceptors (Lipinski definition) is 4. The molecule has 0 saturated heterocycles. The van der Waals surface area contributed by atoms with Crippen molar-refractivity contribution in [2.45, 2.75) is 13.0 Å². The molecule has 0 N–H and O–H groups in total. The fraction of sp³-hybridized carbons (Fsp3) is 0.235. The van der Waals surface area contributed by atoms with Gasteiger partial charge in [0, 0.05) is 5.56 Å². The predicted molar refractivity (Wildman–Crippen MR) is 78.4 cm³/mol. The number of carbonyl (C=O) groups is 1. The summed E-state index contributed by atoms with van der Waals surface area (Å²) in [7, 11) is 3.17. The SMILES string of the molecule is COc1ccc(C2Oc3cc(C)cc(OC)c3C2=O)cc1. The zero-order chi connectivity index (χ0) is 15.0. The van der Waals surface area contributed by atoms with Gasteiger partial charge in [0.1, 0.15) is 22.8 Å². The minimum absolute atomic E-state index is 0.0768. The fourth-order valence-corrected chi connectivity index (χ4v) is 2.53. The van der Waals surface area contributed by atoms with Crippen LogP contribution in [0.25, 0.3) is 0 Å². The van der Waals surface area contributed by atoms with E-state index in [1.165, 1.54) is 0 Å². The van der Waals surface area contributed by atoms with Gasteiger partial charge in [-0.1, -0.05) is 12.1 Å². The van der Waals surface area contributed by atoms with Gasteiger partial charge in [0.05, 0.1) is 14.2 Å². The third-order valence-corrected chi connectivity index (χ3v) is 3.58. The lowest BCUT2D eigenvalue weighted by Crippen LogP contribution is -2.11. The molecule has 1 atom stereocenters. The Morgan fingerprint density at radius 3 is 2.38 bits per heavy atom. The normalized spacial score (nSPS) is 16.3. The van der Waals surface area contributed by atoms with Crippen LogP contribution >= 0.6 is 0 Å². The van der Waals surface area contributed by atoms with Gasteiger partial charge in [-0.2, -0.15) is 0 Å². The van der Waals surface area contributed by atoms with Crippen molar-refractivity contribution in [3.63, 3.8) is 0 Å². The molecule has 3 rings (SSSR count). The second kappa shape index (κ2) is 5.13. The van der Waals surface area contributed by atoms with Gasteiger partial charge in [-0.15, -0.1) is 0 Å². The lowest BCUT2D eigenvalue weighted by Gasteiger charge is -2.10. The fourth-order valence-electron chi connectivity index (χ4n) is 2.53. The number of methoxy groups -OCH3 is 2. The van der Waals surface area contributed by atoms with Crippen LogP contribution in [-0.4, -0.2) is 20.0 Å². The second-order valence-electron chi connectivity index (χ2n) is 4.98. The smallest absolute Gasteiger partial charge is 0.215 e. The Morgan fingerprint density at radius 2 is 1.76 bits per heavy atom. The first-order valence-corrected chi connectivity index (χ1v) is 6.67. The van der Waals surface area contributed by atoms with Crippen LogP contribution in [0, 0.1) is 6.92 Å². The molecule has 0 radical (unpaired) electrons. The van der Waals surface area contributed by atoms with Gasteiger partial charge in [0.15, 0.2) is 6.10 Å². The Bertz CT molecular complexity index is 689. The third kappa shape index (κ3) is 2.23. The molecule has 2 aromatic carbocycles. The zero-order valence-electron chi connectivity index (χ0n) is 12.2. The quantitative estimate of drug-likeness (QED) is 0.867. The second-order valence-corrected chi connectivity index (χ2v) is 4.98. The van der Waals surface area contributed by atoms with Crippen molar-refractivity contribution in [3.05, 3.63) is 53.1 Å². The van der Waals surface area contributed by atoms with Crippen molar-refractivity contribution in [1.82, 2.24) is 0 Å². The van der Waals surface area contributed by atoms with Crippen LogP contribution in [0.15, 0.2) is 36.4 Å². The summed E-state index contributed by atoms with van der Waals surface area (Å²) in [6.07, 6.45) is -0.624. The molecule has 0 amide bonds. The number of carbonyl (C=O) groups excluding carboxylic acids is 1. The molecule has 0 spiro atoms. The summed E-state index contributed by atoms with van der Waals surface area (Å²) < 4.78 is 16.3. The van der Waals surface area contributed by atoms with E-state index >= 15 is 0 Å². The van der Waals surface area contributed by atoms with Crippen molar-refractivity contribution in [3.8, 4) is 17.2 Å². The summed E-state index contributed by atoms with van der Waals surface area (Å²) in [5, 5.41) is 0. The summed E-state index contributed by atoms with van der Waals surface area (Å²) >= 11 is 0. The Hall–Kier alpha value is -2.49. The molecule has 0 fully saturated rings. The zero-order valence-corrected chi connectivity index (χ0v) is 12.2. The van der Waals surface area contributed by atoms with Crippen molar-refractivity contribution < 1.29 is 19.0 Å². The summed E-state index contributed by atoms with van der Waals surface area (Å²) in [5.41, 5.74) is 2.31. The number of aryl methyl sites for hydroxylation is 1. The molecule has 1 heterocycles. The molecule has 1 aliphatic rings. The number of benzene rings is 2. The number of fused-ring (bicyclic) bond motifs is 1. The molecule has 2 aromatic rings. The molecule has 108 valence electrons. The standard InChI is InChI=1S/C17H16O4/c1-10-8-13(20-3)15-14(9-10)21-17(16(15)18)11-4-6-12(19-2)7-5-11/h4-9,17H,1-3H3. The van der Waals surface area contributed by atoms with E-state index in [2.05, 4.69) is 0 Å². The first kappa shape index (κ1) is 13.5. The Morgan fingerprint density at radius 1 is 1.05 bits per heavy atom. The summed E-state index contributed by atoms with van der Waals surface area (Å²) in [5.74, 6) is 1.81. The number of rotatable bonds is 3. The van der Waals surface area contributed by atoms with E-state index < -0.39 is 6.10 Å². The van der Waals surface area contributed by atoms with Gasteiger partial charge in [0.2, 0.25) is 5.78 Å². The number of hydrogen-bond donors (Lipinski definition) is 0. The Balaban J connectivity index is 1.99. The molecule has 4 nitrogen and oxygen atoms in total. The maximum absolute atomic E-state index is 12.6. The van der Waals surface area contributed by atoms with Gasteiger partial charge in [0.25, 0.3) is 0 Å². The molecule has 21 heavy (non-hydrogen) atoms. The molecule has 1 unspecified atom stereocenters. The number of ketones is 1. The van der Waals surface area contributed by atoms with Crippen LogP contribution < -0.4 is 14.2 Å². The van der Waals surface area contributed by atoms with E-state index in [0.29, 0.717) is 17.1 Å². The lowest BCUT2D eigenvalue weighted by atomic mass is 10.0.